The summed E-state index contributed by atoms with van der Waals surface area (Å²) >= 11 is 6.70. The van der Waals surface area contributed by atoms with Crippen LogP contribution < -0.4 is 9.46 Å². The van der Waals surface area contributed by atoms with Crippen molar-refractivity contribution in [1.29, 1.82) is 10.5 Å². The Bertz CT molecular complexity index is 1230. The fourth-order valence-electron chi connectivity index (χ4n) is 2.07. The van der Waals surface area contributed by atoms with Crippen LogP contribution in [0.25, 0.3) is 0 Å². The zero-order valence-electron chi connectivity index (χ0n) is 13.6. The first-order valence-corrected chi connectivity index (χ1v) is 9.88. The second-order valence-corrected chi connectivity index (χ2v) is 7.97. The Labute approximate surface area is 167 Å². The summed E-state index contributed by atoms with van der Waals surface area (Å²) in [5.41, 5.74) is -0.155. The van der Waals surface area contributed by atoms with E-state index in [1.807, 2.05) is 6.07 Å². The van der Waals surface area contributed by atoms with Crippen molar-refractivity contribution in [2.24, 2.45) is 0 Å². The summed E-state index contributed by atoms with van der Waals surface area (Å²) in [5, 5.41) is 18.3. The minimum absolute atomic E-state index is 0.00790. The van der Waals surface area contributed by atoms with Gasteiger partial charge >= 0.3 is 0 Å². The number of anilines is 1. The van der Waals surface area contributed by atoms with E-state index in [1.165, 1.54) is 18.2 Å². The van der Waals surface area contributed by atoms with Gasteiger partial charge in [0.2, 0.25) is 5.13 Å². The first-order valence-electron chi connectivity index (χ1n) is 7.24. The van der Waals surface area contributed by atoms with Crippen molar-refractivity contribution in [3.8, 4) is 23.6 Å². The molecule has 8 nitrogen and oxygen atoms in total. The highest BCUT2D eigenvalue weighted by molar-refractivity contribution is 7.93. The van der Waals surface area contributed by atoms with Gasteiger partial charge in [-0.15, -0.1) is 0 Å². The summed E-state index contributed by atoms with van der Waals surface area (Å²) in [4.78, 5) is 3.20. The zero-order valence-corrected chi connectivity index (χ0v) is 15.9. The second-order valence-electron chi connectivity index (χ2n) is 5.10. The number of halogens is 2. The van der Waals surface area contributed by atoms with E-state index < -0.39 is 26.5 Å². The lowest BCUT2D eigenvalue weighted by Crippen LogP contribution is -2.13. The number of nitrogens with one attached hydrogen (secondary N) is 1. The molecule has 0 spiro atoms. The molecular formula is C16H7ClFN5O3S2. The van der Waals surface area contributed by atoms with Gasteiger partial charge in [-0.05, 0) is 24.3 Å². The number of hydrogen-bond donors (Lipinski definition) is 1. The number of nitrogens with zero attached hydrogens (tertiary/aromatic N) is 4. The largest absolute Gasteiger partial charge is 0.453 e. The number of nitriles is 2. The molecule has 0 unspecified atom stereocenters. The molecule has 0 fully saturated rings. The number of ether oxygens (including phenoxy) is 1. The predicted octanol–water partition coefficient (Wildman–Crippen LogP) is 3.67. The van der Waals surface area contributed by atoms with Crippen LogP contribution in [0, 0.1) is 28.5 Å². The van der Waals surface area contributed by atoms with E-state index in [4.69, 9.17) is 21.6 Å². The van der Waals surface area contributed by atoms with Crippen LogP contribution in [0.2, 0.25) is 5.02 Å². The quantitative estimate of drug-likeness (QED) is 0.647. The lowest BCUT2D eigenvalue weighted by atomic mass is 10.2. The zero-order chi connectivity index (χ0) is 20.3. The molecule has 1 N–H and O–H groups in total. The van der Waals surface area contributed by atoms with Crippen molar-refractivity contribution < 1.29 is 17.5 Å². The molecule has 140 valence electrons. The van der Waals surface area contributed by atoms with E-state index >= 15 is 0 Å². The van der Waals surface area contributed by atoms with Crippen LogP contribution in [0.15, 0.2) is 41.6 Å². The highest BCUT2D eigenvalue weighted by Gasteiger charge is 2.22. The molecule has 0 aliphatic rings. The van der Waals surface area contributed by atoms with E-state index in [0.29, 0.717) is 6.07 Å². The van der Waals surface area contributed by atoms with Crippen LogP contribution in [-0.4, -0.2) is 17.8 Å². The van der Waals surface area contributed by atoms with Crippen molar-refractivity contribution in [3.63, 3.8) is 0 Å². The van der Waals surface area contributed by atoms with E-state index in [1.54, 1.807) is 6.07 Å². The standard InChI is InChI=1S/C16H7ClFN5O3S2/c17-13-4-11(2-1-9(13)6-19)26-15-10(7-20)3-12(5-14(15)18)28(24,25)23-16-21-8-22-27-16/h1-5,8H,(H,21,22,23). The first-order chi connectivity index (χ1) is 13.3. The maximum atomic E-state index is 14.6. The van der Waals surface area contributed by atoms with Gasteiger partial charge in [-0.25, -0.2) is 17.8 Å². The third-order valence-electron chi connectivity index (χ3n) is 3.31. The fraction of sp³-hybridized carbons (Fsp3) is 0. The molecule has 0 atom stereocenters. The Morgan fingerprint density at radius 1 is 1.18 bits per heavy atom. The van der Waals surface area contributed by atoms with Gasteiger partial charge in [-0.2, -0.15) is 14.9 Å². The van der Waals surface area contributed by atoms with Gasteiger partial charge in [-0.3, -0.25) is 4.72 Å². The molecule has 0 saturated heterocycles. The molecule has 0 bridgehead atoms. The molecule has 0 saturated carbocycles. The van der Waals surface area contributed by atoms with Crippen molar-refractivity contribution in [2.75, 3.05) is 4.72 Å². The Kier molecular flexibility index (Phi) is 5.42. The SMILES string of the molecule is N#Cc1ccc(Oc2c(F)cc(S(=O)(=O)Nc3ncns3)cc2C#N)cc1Cl. The molecule has 12 heteroatoms. The topological polar surface area (TPSA) is 129 Å². The molecule has 1 aromatic heterocycles. The summed E-state index contributed by atoms with van der Waals surface area (Å²) in [7, 11) is -4.19. The van der Waals surface area contributed by atoms with Gasteiger partial charge < -0.3 is 4.74 Å². The highest BCUT2D eigenvalue weighted by atomic mass is 35.5. The van der Waals surface area contributed by atoms with Crippen LogP contribution in [0.5, 0.6) is 11.5 Å². The molecule has 1 heterocycles. The maximum Gasteiger partial charge on any atom is 0.263 e. The van der Waals surface area contributed by atoms with Gasteiger partial charge in [0.05, 0.1) is 21.0 Å². The molecule has 0 aliphatic heterocycles. The summed E-state index contributed by atoms with van der Waals surface area (Å²) in [6.45, 7) is 0. The summed E-state index contributed by atoms with van der Waals surface area (Å²) in [6.07, 6.45) is 1.16. The molecular weight excluding hydrogens is 429 g/mol. The highest BCUT2D eigenvalue weighted by Crippen LogP contribution is 2.33. The molecule has 0 amide bonds. The Balaban J connectivity index is 1.97. The van der Waals surface area contributed by atoms with Crippen LogP contribution in [0.1, 0.15) is 11.1 Å². The Morgan fingerprint density at radius 3 is 2.54 bits per heavy atom. The minimum atomic E-state index is -4.19. The lowest BCUT2D eigenvalue weighted by Gasteiger charge is -2.11. The van der Waals surface area contributed by atoms with Gasteiger partial charge in [-0.1, -0.05) is 11.6 Å². The second kappa shape index (κ2) is 7.78. The summed E-state index contributed by atoms with van der Waals surface area (Å²) in [5.74, 6) is -1.47. The van der Waals surface area contributed by atoms with Crippen LogP contribution >= 0.6 is 23.1 Å². The Morgan fingerprint density at radius 2 is 1.93 bits per heavy atom. The number of benzene rings is 2. The molecule has 2 aromatic carbocycles. The van der Waals surface area contributed by atoms with Crippen molar-refractivity contribution in [1.82, 2.24) is 9.36 Å². The van der Waals surface area contributed by atoms with E-state index in [2.05, 4.69) is 14.1 Å². The number of sulfonamides is 1. The van der Waals surface area contributed by atoms with Gasteiger partial charge in [0.1, 0.15) is 24.2 Å². The fourth-order valence-corrected chi connectivity index (χ4v) is 3.98. The summed E-state index contributed by atoms with van der Waals surface area (Å²) < 4.78 is 50.4. The number of aromatic nitrogens is 2. The van der Waals surface area contributed by atoms with E-state index in [0.717, 1.165) is 23.9 Å². The number of hydrogen-bond acceptors (Lipinski definition) is 8. The van der Waals surface area contributed by atoms with Crippen molar-refractivity contribution >= 4 is 38.3 Å². The molecule has 28 heavy (non-hydrogen) atoms. The average Bonchev–Trinajstić information content (AvgIpc) is 3.15. The molecule has 0 radical (unpaired) electrons. The van der Waals surface area contributed by atoms with Crippen molar-refractivity contribution in [2.45, 2.75) is 4.90 Å². The third kappa shape index (κ3) is 4.02. The molecule has 3 aromatic rings. The number of rotatable bonds is 5. The molecule has 0 aliphatic carbocycles. The Hall–Kier alpha value is -3.25. The monoisotopic (exact) mass is 435 g/mol. The lowest BCUT2D eigenvalue weighted by molar-refractivity contribution is 0.439. The van der Waals surface area contributed by atoms with E-state index in [9.17, 15) is 18.1 Å². The summed E-state index contributed by atoms with van der Waals surface area (Å²) in [6, 6.07) is 9.26. The van der Waals surface area contributed by atoms with Gasteiger partial charge in [0.15, 0.2) is 11.6 Å². The van der Waals surface area contributed by atoms with Crippen LogP contribution in [-0.2, 0) is 10.0 Å². The molecule has 3 rings (SSSR count). The average molecular weight is 436 g/mol. The van der Waals surface area contributed by atoms with E-state index in [-0.39, 0.29) is 27.0 Å². The predicted molar refractivity (Wildman–Crippen MR) is 98.1 cm³/mol. The van der Waals surface area contributed by atoms with Gasteiger partial charge in [0, 0.05) is 17.6 Å². The third-order valence-corrected chi connectivity index (χ3v) is 5.65. The van der Waals surface area contributed by atoms with Crippen LogP contribution in [0.4, 0.5) is 9.52 Å². The first kappa shape index (κ1) is 19.5. The smallest absolute Gasteiger partial charge is 0.263 e. The normalized spacial score (nSPS) is 10.7. The van der Waals surface area contributed by atoms with Gasteiger partial charge in [0.25, 0.3) is 10.0 Å². The maximum absolute atomic E-state index is 14.6. The van der Waals surface area contributed by atoms with Crippen LogP contribution in [0.3, 0.4) is 0 Å². The van der Waals surface area contributed by atoms with Crippen molar-refractivity contribution in [3.05, 3.63) is 58.6 Å². The minimum Gasteiger partial charge on any atom is -0.453 e.